The Kier molecular flexibility index (Phi) is 5.48. The second kappa shape index (κ2) is 7.84. The average Bonchev–Trinajstić information content (AvgIpc) is 2.93. The first-order valence-corrected chi connectivity index (χ1v) is 9.15. The molecule has 1 unspecified atom stereocenters. The Hall–Kier alpha value is -3.16. The number of aromatic nitrogens is 1. The number of carbonyl (C=O) groups is 1. The van der Waals surface area contributed by atoms with Crippen LogP contribution >= 0.6 is 0 Å². The van der Waals surface area contributed by atoms with Crippen molar-refractivity contribution in [1.29, 1.82) is 0 Å². The molecule has 8 nitrogen and oxygen atoms in total. The molecule has 8 heteroatoms. The first-order chi connectivity index (χ1) is 13.4. The summed E-state index contributed by atoms with van der Waals surface area (Å²) >= 11 is 0. The summed E-state index contributed by atoms with van der Waals surface area (Å²) in [5.41, 5.74) is 0.580. The normalized spacial score (nSPS) is 15.1. The summed E-state index contributed by atoms with van der Waals surface area (Å²) in [6.07, 6.45) is -1.04. The van der Waals surface area contributed by atoms with E-state index in [1.807, 2.05) is 13.8 Å². The average molecular weight is 389 g/mol. The lowest BCUT2D eigenvalue weighted by Crippen LogP contribution is -2.27. The Morgan fingerprint density at radius 2 is 1.64 bits per heavy atom. The zero-order valence-corrected chi connectivity index (χ0v) is 16.3. The Labute approximate surface area is 162 Å². The molecule has 3 rings (SSSR count). The number of hydrogen-bond donors (Lipinski definition) is 1. The molecule has 0 saturated heterocycles. The lowest BCUT2D eigenvalue weighted by Gasteiger charge is -2.22. The summed E-state index contributed by atoms with van der Waals surface area (Å²) in [7, 11) is 0. The summed E-state index contributed by atoms with van der Waals surface area (Å²) in [5.74, 6) is 0.288. The van der Waals surface area contributed by atoms with E-state index in [-0.39, 0.29) is 11.3 Å². The van der Waals surface area contributed by atoms with Crippen molar-refractivity contribution < 1.29 is 28.8 Å². The number of nitrogens with zero attached hydrogens (tertiary/aromatic N) is 1. The van der Waals surface area contributed by atoms with E-state index in [4.69, 9.17) is 18.9 Å². The number of aromatic hydroxyl groups is 1. The number of pyridine rings is 1. The van der Waals surface area contributed by atoms with Crippen molar-refractivity contribution in [2.24, 2.45) is 0 Å². The van der Waals surface area contributed by atoms with E-state index in [1.165, 1.54) is 10.6 Å². The SMILES string of the molecule is CCOc1cc2c(c(OCC)c1OCC)C(n1c(C)cc(O)cc1=O)OC2=O. The number of esters is 1. The van der Waals surface area contributed by atoms with Crippen LogP contribution in [0.15, 0.2) is 23.0 Å². The minimum Gasteiger partial charge on any atom is -0.508 e. The molecule has 0 amide bonds. The molecule has 1 atom stereocenters. The third-order valence-electron chi connectivity index (χ3n) is 4.28. The largest absolute Gasteiger partial charge is 0.508 e. The summed E-state index contributed by atoms with van der Waals surface area (Å²) in [4.78, 5) is 25.1. The molecule has 1 N–H and O–H groups in total. The molecule has 1 aromatic heterocycles. The second-order valence-electron chi connectivity index (χ2n) is 6.11. The highest BCUT2D eigenvalue weighted by molar-refractivity contribution is 5.96. The highest BCUT2D eigenvalue weighted by Crippen LogP contribution is 2.49. The van der Waals surface area contributed by atoms with Gasteiger partial charge in [-0.1, -0.05) is 0 Å². The predicted molar refractivity (Wildman–Crippen MR) is 101 cm³/mol. The van der Waals surface area contributed by atoms with Crippen molar-refractivity contribution in [3.8, 4) is 23.0 Å². The van der Waals surface area contributed by atoms with Crippen molar-refractivity contribution >= 4 is 5.97 Å². The number of benzene rings is 1. The van der Waals surface area contributed by atoms with Gasteiger partial charge in [-0.3, -0.25) is 9.36 Å². The first-order valence-electron chi connectivity index (χ1n) is 9.15. The quantitative estimate of drug-likeness (QED) is 0.728. The fourth-order valence-corrected chi connectivity index (χ4v) is 3.28. The molecule has 0 spiro atoms. The molecule has 0 saturated carbocycles. The van der Waals surface area contributed by atoms with Gasteiger partial charge in [0, 0.05) is 11.8 Å². The first kappa shape index (κ1) is 19.6. The van der Waals surface area contributed by atoms with Gasteiger partial charge < -0.3 is 24.1 Å². The number of carbonyl (C=O) groups excluding carboxylic acids is 1. The fourth-order valence-electron chi connectivity index (χ4n) is 3.28. The standard InChI is InChI=1S/C20H23NO7/c1-5-25-14-10-13-16(18(27-7-3)17(14)26-6-2)19(28-20(13)24)21-11(4)8-12(22)9-15(21)23/h8-10,19,22H,5-7H2,1-4H3. The summed E-state index contributed by atoms with van der Waals surface area (Å²) in [6, 6.07) is 4.04. The lowest BCUT2D eigenvalue weighted by molar-refractivity contribution is 0.0304. The second-order valence-corrected chi connectivity index (χ2v) is 6.11. The number of rotatable bonds is 7. The number of ether oxygens (including phenoxy) is 4. The minimum atomic E-state index is -1.04. The van der Waals surface area contributed by atoms with Gasteiger partial charge in [-0.2, -0.15) is 0 Å². The molecule has 1 aliphatic heterocycles. The number of fused-ring (bicyclic) bond motifs is 1. The van der Waals surface area contributed by atoms with Gasteiger partial charge >= 0.3 is 5.97 Å². The van der Waals surface area contributed by atoms with E-state index in [0.29, 0.717) is 48.3 Å². The van der Waals surface area contributed by atoms with Gasteiger partial charge in [0.2, 0.25) is 12.0 Å². The smallest absolute Gasteiger partial charge is 0.341 e. The van der Waals surface area contributed by atoms with Crippen LogP contribution in [-0.2, 0) is 4.74 Å². The van der Waals surface area contributed by atoms with Gasteiger partial charge in [0.05, 0.1) is 30.9 Å². The minimum absolute atomic E-state index is 0.157. The summed E-state index contributed by atoms with van der Waals surface area (Å²) in [5, 5.41) is 9.67. The molecule has 2 heterocycles. The topological polar surface area (TPSA) is 96.2 Å². The predicted octanol–water partition coefficient (Wildman–Crippen LogP) is 2.78. The molecule has 2 aromatic rings. The Morgan fingerprint density at radius 1 is 1.00 bits per heavy atom. The van der Waals surface area contributed by atoms with Crippen LogP contribution in [0.5, 0.6) is 23.0 Å². The van der Waals surface area contributed by atoms with Crippen LogP contribution in [0.4, 0.5) is 0 Å². The molecule has 1 aliphatic rings. The maximum absolute atomic E-state index is 12.6. The van der Waals surface area contributed by atoms with Gasteiger partial charge in [-0.05, 0) is 39.8 Å². The Morgan fingerprint density at radius 3 is 2.25 bits per heavy atom. The molecule has 0 fully saturated rings. The van der Waals surface area contributed by atoms with Gasteiger partial charge in [0.1, 0.15) is 5.75 Å². The summed E-state index contributed by atoms with van der Waals surface area (Å²) in [6.45, 7) is 8.14. The number of cyclic esters (lactones) is 1. The molecule has 0 radical (unpaired) electrons. The van der Waals surface area contributed by atoms with Crippen molar-refractivity contribution in [2.45, 2.75) is 33.9 Å². The molecular formula is C20H23NO7. The third-order valence-corrected chi connectivity index (χ3v) is 4.28. The summed E-state index contributed by atoms with van der Waals surface area (Å²) < 4.78 is 24.0. The molecule has 1 aromatic carbocycles. The van der Waals surface area contributed by atoms with Crippen LogP contribution in [0.2, 0.25) is 0 Å². The monoisotopic (exact) mass is 389 g/mol. The molecule has 28 heavy (non-hydrogen) atoms. The van der Waals surface area contributed by atoms with Crippen molar-refractivity contribution in [3.63, 3.8) is 0 Å². The fraction of sp³-hybridized carbons (Fsp3) is 0.400. The van der Waals surface area contributed by atoms with E-state index >= 15 is 0 Å². The molecule has 150 valence electrons. The molecular weight excluding hydrogens is 366 g/mol. The van der Waals surface area contributed by atoms with Gasteiger partial charge in [0.15, 0.2) is 11.5 Å². The maximum atomic E-state index is 12.6. The highest BCUT2D eigenvalue weighted by Gasteiger charge is 2.40. The number of hydrogen-bond acceptors (Lipinski definition) is 7. The lowest BCUT2D eigenvalue weighted by atomic mass is 10.0. The zero-order chi connectivity index (χ0) is 20.4. The highest BCUT2D eigenvalue weighted by atomic mass is 16.6. The van der Waals surface area contributed by atoms with E-state index < -0.39 is 17.8 Å². The maximum Gasteiger partial charge on any atom is 0.341 e. The van der Waals surface area contributed by atoms with Crippen LogP contribution < -0.4 is 19.8 Å². The van der Waals surface area contributed by atoms with Crippen LogP contribution in [0.25, 0.3) is 0 Å². The van der Waals surface area contributed by atoms with Gasteiger partial charge in [-0.15, -0.1) is 0 Å². The molecule has 0 bridgehead atoms. The zero-order valence-electron chi connectivity index (χ0n) is 16.3. The van der Waals surface area contributed by atoms with E-state index in [0.717, 1.165) is 6.07 Å². The van der Waals surface area contributed by atoms with Crippen LogP contribution in [0.1, 0.15) is 48.6 Å². The van der Waals surface area contributed by atoms with Crippen LogP contribution in [-0.4, -0.2) is 35.5 Å². The van der Waals surface area contributed by atoms with Crippen LogP contribution in [0, 0.1) is 6.92 Å². The van der Waals surface area contributed by atoms with Crippen molar-refractivity contribution in [3.05, 3.63) is 45.4 Å². The van der Waals surface area contributed by atoms with Gasteiger partial charge in [-0.25, -0.2) is 4.79 Å². The van der Waals surface area contributed by atoms with Crippen molar-refractivity contribution in [2.75, 3.05) is 19.8 Å². The third kappa shape index (κ3) is 3.26. The Bertz CT molecular complexity index is 964. The Balaban J connectivity index is 2.30. The van der Waals surface area contributed by atoms with E-state index in [2.05, 4.69) is 0 Å². The van der Waals surface area contributed by atoms with Gasteiger partial charge in [0.25, 0.3) is 5.56 Å². The van der Waals surface area contributed by atoms with Crippen molar-refractivity contribution in [1.82, 2.24) is 4.57 Å². The van der Waals surface area contributed by atoms with E-state index in [9.17, 15) is 14.7 Å². The van der Waals surface area contributed by atoms with Crippen LogP contribution in [0.3, 0.4) is 0 Å². The molecule has 0 aliphatic carbocycles. The number of aryl methyl sites for hydroxylation is 1. The van der Waals surface area contributed by atoms with E-state index in [1.54, 1.807) is 19.9 Å².